The van der Waals surface area contributed by atoms with Crippen molar-refractivity contribution in [2.75, 3.05) is 19.7 Å². The Kier molecular flexibility index (Phi) is 3.30. The Bertz CT molecular complexity index is 522. The smallest absolute Gasteiger partial charge is 0.137 e. The topological polar surface area (TPSA) is 52.1 Å². The van der Waals surface area contributed by atoms with E-state index in [1.54, 1.807) is 0 Å². The van der Waals surface area contributed by atoms with E-state index in [0.717, 1.165) is 31.6 Å². The molecule has 18 heavy (non-hydrogen) atoms. The molecular weight excluding hydrogens is 226 g/mol. The van der Waals surface area contributed by atoms with Crippen LogP contribution in [0.4, 0.5) is 0 Å². The summed E-state index contributed by atoms with van der Waals surface area (Å²) in [4.78, 5) is 9.91. The molecule has 0 aliphatic carbocycles. The molecule has 0 aromatic carbocycles. The molecule has 0 saturated carbocycles. The van der Waals surface area contributed by atoms with Gasteiger partial charge in [-0.1, -0.05) is 0 Å². The second-order valence-corrected chi connectivity index (χ2v) is 4.98. The van der Waals surface area contributed by atoms with E-state index in [0.29, 0.717) is 6.04 Å². The number of nitrogens with one attached hydrogen (secondary N) is 1. The molecule has 1 aliphatic rings. The molecule has 0 amide bonds. The third-order valence-corrected chi connectivity index (χ3v) is 3.91. The predicted molar refractivity (Wildman–Crippen MR) is 71.5 cm³/mol. The largest absolute Gasteiger partial charge is 0.395 e. The quantitative estimate of drug-likeness (QED) is 0.859. The Hall–Kier alpha value is -1.39. The van der Waals surface area contributed by atoms with E-state index >= 15 is 0 Å². The number of H-pyrrole nitrogens is 1. The Morgan fingerprint density at radius 1 is 1.50 bits per heavy atom. The number of hydrogen-bond donors (Lipinski definition) is 2. The number of aliphatic hydroxyl groups excluding tert-OH is 1. The number of aliphatic hydroxyl groups is 1. The van der Waals surface area contributed by atoms with E-state index in [2.05, 4.69) is 27.1 Å². The van der Waals surface area contributed by atoms with Crippen LogP contribution in [0.1, 0.15) is 18.4 Å². The van der Waals surface area contributed by atoms with Crippen LogP contribution < -0.4 is 0 Å². The van der Waals surface area contributed by atoms with Crippen molar-refractivity contribution in [2.45, 2.75) is 25.3 Å². The first-order valence-corrected chi connectivity index (χ1v) is 6.64. The number of rotatable bonds is 4. The van der Waals surface area contributed by atoms with Crippen molar-refractivity contribution in [2.24, 2.45) is 0 Å². The minimum Gasteiger partial charge on any atom is -0.395 e. The predicted octanol–water partition coefficient (Wildman–Crippen LogP) is 1.56. The molecule has 3 heterocycles. The molecule has 2 aromatic heterocycles. The van der Waals surface area contributed by atoms with Crippen LogP contribution >= 0.6 is 0 Å². The summed E-state index contributed by atoms with van der Waals surface area (Å²) in [6.45, 7) is 2.42. The molecule has 1 atom stereocenters. The van der Waals surface area contributed by atoms with Crippen LogP contribution in [0, 0.1) is 0 Å². The monoisotopic (exact) mass is 245 g/mol. The number of nitrogens with zero attached hydrogens (tertiary/aromatic N) is 2. The highest BCUT2D eigenvalue weighted by Crippen LogP contribution is 2.20. The SMILES string of the molecule is OC[C@@H]1CCCN1CCc1c[nH]c2ncccc12. The Balaban J connectivity index is 1.69. The normalized spacial score (nSPS) is 20.8. The zero-order valence-corrected chi connectivity index (χ0v) is 10.5. The summed E-state index contributed by atoms with van der Waals surface area (Å²) < 4.78 is 0. The lowest BCUT2D eigenvalue weighted by molar-refractivity contribution is 0.160. The molecule has 4 nitrogen and oxygen atoms in total. The van der Waals surface area contributed by atoms with E-state index in [4.69, 9.17) is 0 Å². The summed E-state index contributed by atoms with van der Waals surface area (Å²) in [6.07, 6.45) is 7.22. The average molecular weight is 245 g/mol. The van der Waals surface area contributed by atoms with Gasteiger partial charge in [0, 0.05) is 30.4 Å². The molecule has 96 valence electrons. The molecule has 1 aliphatic heterocycles. The number of aromatic nitrogens is 2. The highest BCUT2D eigenvalue weighted by Gasteiger charge is 2.23. The number of hydrogen-bond acceptors (Lipinski definition) is 3. The van der Waals surface area contributed by atoms with Crippen LogP contribution in [0.2, 0.25) is 0 Å². The molecular formula is C14H19N3O. The van der Waals surface area contributed by atoms with E-state index in [1.807, 2.05) is 12.3 Å². The molecule has 3 rings (SSSR count). The summed E-state index contributed by atoms with van der Waals surface area (Å²) in [5, 5.41) is 10.5. The van der Waals surface area contributed by atoms with Gasteiger partial charge in [0.2, 0.25) is 0 Å². The highest BCUT2D eigenvalue weighted by molar-refractivity contribution is 5.79. The standard InChI is InChI=1S/C14H19N3O/c18-10-12-3-2-7-17(12)8-5-11-9-16-14-13(11)4-1-6-15-14/h1,4,6,9,12,18H,2-3,5,7-8,10H2,(H,15,16)/t12-/m0/s1. The van der Waals surface area contributed by atoms with E-state index in [1.165, 1.54) is 17.4 Å². The molecule has 2 aromatic rings. The fourth-order valence-corrected chi connectivity index (χ4v) is 2.88. The molecule has 0 unspecified atom stereocenters. The van der Waals surface area contributed by atoms with E-state index in [-0.39, 0.29) is 6.61 Å². The van der Waals surface area contributed by atoms with Crippen molar-refractivity contribution in [1.29, 1.82) is 0 Å². The molecule has 0 spiro atoms. The van der Waals surface area contributed by atoms with Crippen molar-refractivity contribution in [3.05, 3.63) is 30.1 Å². The van der Waals surface area contributed by atoms with Gasteiger partial charge in [0.15, 0.2) is 0 Å². The number of aromatic amines is 1. The van der Waals surface area contributed by atoms with Gasteiger partial charge < -0.3 is 10.1 Å². The fourth-order valence-electron chi connectivity index (χ4n) is 2.88. The van der Waals surface area contributed by atoms with Gasteiger partial charge in [-0.2, -0.15) is 0 Å². The fraction of sp³-hybridized carbons (Fsp3) is 0.500. The zero-order valence-electron chi connectivity index (χ0n) is 10.5. The Labute approximate surface area is 107 Å². The van der Waals surface area contributed by atoms with Gasteiger partial charge in [0.05, 0.1) is 6.61 Å². The third kappa shape index (κ3) is 2.13. The first-order valence-electron chi connectivity index (χ1n) is 6.64. The maximum Gasteiger partial charge on any atom is 0.137 e. The van der Waals surface area contributed by atoms with Gasteiger partial charge in [-0.25, -0.2) is 4.98 Å². The highest BCUT2D eigenvalue weighted by atomic mass is 16.3. The van der Waals surface area contributed by atoms with Gasteiger partial charge in [0.25, 0.3) is 0 Å². The maximum absolute atomic E-state index is 9.31. The van der Waals surface area contributed by atoms with Crippen molar-refractivity contribution in [3.8, 4) is 0 Å². The second-order valence-electron chi connectivity index (χ2n) is 4.98. The Morgan fingerprint density at radius 3 is 3.33 bits per heavy atom. The molecule has 0 bridgehead atoms. The Morgan fingerprint density at radius 2 is 2.44 bits per heavy atom. The second kappa shape index (κ2) is 5.08. The van der Waals surface area contributed by atoms with Gasteiger partial charge in [-0.15, -0.1) is 0 Å². The summed E-state index contributed by atoms with van der Waals surface area (Å²) in [5.74, 6) is 0. The number of fused-ring (bicyclic) bond motifs is 1. The maximum atomic E-state index is 9.31. The lowest BCUT2D eigenvalue weighted by Gasteiger charge is -2.22. The summed E-state index contributed by atoms with van der Waals surface area (Å²) in [7, 11) is 0. The molecule has 4 heteroatoms. The molecule has 1 fully saturated rings. The number of likely N-dealkylation sites (tertiary alicyclic amines) is 1. The third-order valence-electron chi connectivity index (χ3n) is 3.91. The van der Waals surface area contributed by atoms with Crippen LogP contribution in [0.5, 0.6) is 0 Å². The van der Waals surface area contributed by atoms with Gasteiger partial charge in [-0.05, 0) is 43.5 Å². The van der Waals surface area contributed by atoms with Gasteiger partial charge in [-0.3, -0.25) is 4.90 Å². The van der Waals surface area contributed by atoms with E-state index in [9.17, 15) is 5.11 Å². The lowest BCUT2D eigenvalue weighted by atomic mass is 10.1. The summed E-state index contributed by atoms with van der Waals surface area (Å²) >= 11 is 0. The van der Waals surface area contributed by atoms with Crippen molar-refractivity contribution < 1.29 is 5.11 Å². The van der Waals surface area contributed by atoms with Gasteiger partial charge in [0.1, 0.15) is 5.65 Å². The summed E-state index contributed by atoms with van der Waals surface area (Å²) in [5.41, 5.74) is 2.29. The van der Waals surface area contributed by atoms with Crippen LogP contribution in [0.15, 0.2) is 24.5 Å². The first-order chi connectivity index (χ1) is 8.88. The summed E-state index contributed by atoms with van der Waals surface area (Å²) in [6, 6.07) is 4.46. The van der Waals surface area contributed by atoms with Crippen LogP contribution in [-0.2, 0) is 6.42 Å². The minimum atomic E-state index is 0.287. The van der Waals surface area contributed by atoms with Gasteiger partial charge >= 0.3 is 0 Å². The van der Waals surface area contributed by atoms with Crippen LogP contribution in [-0.4, -0.2) is 45.7 Å². The number of pyridine rings is 1. The molecule has 2 N–H and O–H groups in total. The molecule has 0 radical (unpaired) electrons. The molecule has 1 saturated heterocycles. The van der Waals surface area contributed by atoms with Crippen molar-refractivity contribution in [1.82, 2.24) is 14.9 Å². The van der Waals surface area contributed by atoms with Crippen LogP contribution in [0.3, 0.4) is 0 Å². The first kappa shape index (κ1) is 11.7. The van der Waals surface area contributed by atoms with Crippen LogP contribution in [0.25, 0.3) is 11.0 Å². The lowest BCUT2D eigenvalue weighted by Crippen LogP contribution is -2.33. The van der Waals surface area contributed by atoms with Crippen molar-refractivity contribution in [3.63, 3.8) is 0 Å². The minimum absolute atomic E-state index is 0.287. The zero-order chi connectivity index (χ0) is 12.4. The average Bonchev–Trinajstić information content (AvgIpc) is 3.02. The van der Waals surface area contributed by atoms with E-state index < -0.39 is 0 Å². The van der Waals surface area contributed by atoms with Crippen molar-refractivity contribution >= 4 is 11.0 Å².